The third-order valence-corrected chi connectivity index (χ3v) is 2.94. The van der Waals surface area contributed by atoms with E-state index in [-0.39, 0.29) is 18.3 Å². The number of carbonyl (C=O) groups is 1. The Morgan fingerprint density at radius 3 is 2.36 bits per heavy atom. The topological polar surface area (TPSA) is 60.0 Å². The summed E-state index contributed by atoms with van der Waals surface area (Å²) in [6.07, 6.45) is 0. The minimum atomic E-state index is 0. The van der Waals surface area contributed by atoms with Crippen LogP contribution in [0.2, 0.25) is 0 Å². The molecule has 22 heavy (non-hydrogen) atoms. The van der Waals surface area contributed by atoms with Crippen molar-refractivity contribution in [2.45, 2.75) is 0 Å². The van der Waals surface area contributed by atoms with E-state index in [0.29, 0.717) is 32.8 Å². The fourth-order valence-corrected chi connectivity index (χ4v) is 1.60. The van der Waals surface area contributed by atoms with E-state index in [4.69, 9.17) is 14.2 Å². The van der Waals surface area contributed by atoms with Crippen LogP contribution < -0.4 is 14.8 Å². The van der Waals surface area contributed by atoms with Crippen molar-refractivity contribution >= 4 is 18.3 Å². The Hall–Kier alpha value is -1.50. The molecular weight excluding hydrogens is 308 g/mol. The van der Waals surface area contributed by atoms with E-state index in [0.717, 1.165) is 11.5 Å². The van der Waals surface area contributed by atoms with E-state index >= 15 is 0 Å². The molecule has 1 aromatic carbocycles. The van der Waals surface area contributed by atoms with Crippen LogP contribution in [0.15, 0.2) is 24.3 Å². The zero-order chi connectivity index (χ0) is 15.5. The Balaban J connectivity index is 0.00000441. The number of ether oxygens (including phenoxy) is 3. The van der Waals surface area contributed by atoms with Crippen LogP contribution in [0.5, 0.6) is 11.5 Å². The van der Waals surface area contributed by atoms with Crippen LogP contribution in [0.25, 0.3) is 0 Å². The van der Waals surface area contributed by atoms with Crippen LogP contribution in [-0.2, 0) is 9.53 Å². The van der Waals surface area contributed by atoms with Crippen LogP contribution >= 0.6 is 12.4 Å². The van der Waals surface area contributed by atoms with Crippen LogP contribution in [0.3, 0.4) is 0 Å². The molecule has 0 bridgehead atoms. The zero-order valence-electron chi connectivity index (χ0n) is 13.3. The van der Waals surface area contributed by atoms with Crippen molar-refractivity contribution in [3.05, 3.63) is 24.3 Å². The highest BCUT2D eigenvalue weighted by Gasteiger charge is 2.07. The zero-order valence-corrected chi connectivity index (χ0v) is 14.1. The monoisotopic (exact) mass is 332 g/mol. The summed E-state index contributed by atoms with van der Waals surface area (Å²) in [5, 5.41) is 3.02. The predicted molar refractivity (Wildman–Crippen MR) is 88.1 cm³/mol. The summed E-state index contributed by atoms with van der Waals surface area (Å²) in [5.41, 5.74) is 0. The molecule has 1 aromatic rings. The lowest BCUT2D eigenvalue weighted by Gasteiger charge is -2.18. The van der Waals surface area contributed by atoms with Crippen LogP contribution in [0, 0.1) is 0 Å². The van der Waals surface area contributed by atoms with Gasteiger partial charge >= 0.3 is 0 Å². The number of hydrogen-bond donors (Lipinski definition) is 1. The number of carbonyl (C=O) groups excluding carboxylic acids is 1. The van der Waals surface area contributed by atoms with Crippen molar-refractivity contribution in [2.24, 2.45) is 0 Å². The summed E-state index contributed by atoms with van der Waals surface area (Å²) in [6.45, 7) is 2.56. The van der Waals surface area contributed by atoms with Gasteiger partial charge in [0.05, 0.1) is 26.8 Å². The minimum Gasteiger partial charge on any atom is -0.497 e. The summed E-state index contributed by atoms with van der Waals surface area (Å²) in [4.78, 5) is 13.4. The number of halogens is 1. The molecule has 7 heteroatoms. The molecule has 1 amide bonds. The SMILES string of the molecule is COCCNCC(=O)N(C)CCOc1ccc(OC)cc1.Cl. The van der Waals surface area contributed by atoms with E-state index in [1.54, 1.807) is 26.2 Å². The Morgan fingerprint density at radius 2 is 1.77 bits per heavy atom. The normalized spacial score (nSPS) is 9.77. The number of methoxy groups -OCH3 is 2. The summed E-state index contributed by atoms with van der Waals surface area (Å²) in [6, 6.07) is 7.35. The second-order valence-corrected chi connectivity index (χ2v) is 4.51. The highest BCUT2D eigenvalue weighted by atomic mass is 35.5. The van der Waals surface area contributed by atoms with Gasteiger partial charge in [0.2, 0.25) is 5.91 Å². The van der Waals surface area contributed by atoms with Gasteiger partial charge in [-0.05, 0) is 24.3 Å². The molecule has 0 radical (unpaired) electrons. The molecule has 0 spiro atoms. The lowest BCUT2D eigenvalue weighted by Crippen LogP contribution is -2.38. The first-order valence-corrected chi connectivity index (χ1v) is 6.88. The fraction of sp³-hybridized carbons (Fsp3) is 0.533. The average Bonchev–Trinajstić information content (AvgIpc) is 2.52. The Bertz CT molecular complexity index is 415. The molecule has 0 saturated heterocycles. The van der Waals surface area contributed by atoms with E-state index in [2.05, 4.69) is 5.32 Å². The smallest absolute Gasteiger partial charge is 0.236 e. The Kier molecular flexibility index (Phi) is 11.3. The molecule has 1 N–H and O–H groups in total. The molecule has 0 aliphatic heterocycles. The molecule has 0 fully saturated rings. The standard InChI is InChI=1S/C15H24N2O4.ClH/c1-17(15(18)12-16-8-10-19-2)9-11-21-14-6-4-13(20-3)5-7-14;/h4-7,16H,8-12H2,1-3H3;1H. The molecular formula is C15H25ClN2O4. The third kappa shape index (κ3) is 8.07. The summed E-state index contributed by atoms with van der Waals surface area (Å²) < 4.78 is 15.6. The molecule has 0 heterocycles. The van der Waals surface area contributed by atoms with Gasteiger partial charge in [-0.3, -0.25) is 4.79 Å². The van der Waals surface area contributed by atoms with Crippen molar-refractivity contribution < 1.29 is 19.0 Å². The van der Waals surface area contributed by atoms with Gasteiger partial charge in [0.25, 0.3) is 0 Å². The number of rotatable bonds is 10. The molecule has 0 atom stereocenters. The number of nitrogens with one attached hydrogen (secondary N) is 1. The largest absolute Gasteiger partial charge is 0.497 e. The third-order valence-electron chi connectivity index (χ3n) is 2.94. The van der Waals surface area contributed by atoms with Gasteiger partial charge in [0, 0.05) is 20.7 Å². The van der Waals surface area contributed by atoms with E-state index in [9.17, 15) is 4.79 Å². The molecule has 0 aromatic heterocycles. The molecule has 0 aliphatic rings. The van der Waals surface area contributed by atoms with Crippen LogP contribution in [0.1, 0.15) is 0 Å². The number of benzene rings is 1. The first-order valence-electron chi connectivity index (χ1n) is 6.88. The highest BCUT2D eigenvalue weighted by Crippen LogP contribution is 2.16. The number of nitrogens with zero attached hydrogens (tertiary/aromatic N) is 1. The number of likely N-dealkylation sites (N-methyl/N-ethyl adjacent to an activating group) is 1. The number of hydrogen-bond acceptors (Lipinski definition) is 5. The molecule has 6 nitrogen and oxygen atoms in total. The van der Waals surface area contributed by atoms with Crippen LogP contribution in [-0.4, -0.2) is 64.9 Å². The second-order valence-electron chi connectivity index (χ2n) is 4.51. The van der Waals surface area contributed by atoms with E-state index < -0.39 is 0 Å². The van der Waals surface area contributed by atoms with Crippen molar-refractivity contribution in [3.8, 4) is 11.5 Å². The lowest BCUT2D eigenvalue weighted by atomic mass is 10.3. The van der Waals surface area contributed by atoms with E-state index in [1.807, 2.05) is 24.3 Å². The van der Waals surface area contributed by atoms with Gasteiger partial charge in [0.15, 0.2) is 0 Å². The second kappa shape index (κ2) is 12.1. The van der Waals surface area contributed by atoms with Gasteiger partial charge in [-0.2, -0.15) is 0 Å². The molecule has 0 saturated carbocycles. The quantitative estimate of drug-likeness (QED) is 0.652. The van der Waals surface area contributed by atoms with Crippen molar-refractivity contribution in [3.63, 3.8) is 0 Å². The highest BCUT2D eigenvalue weighted by molar-refractivity contribution is 5.85. The van der Waals surface area contributed by atoms with Crippen LogP contribution in [0.4, 0.5) is 0 Å². The summed E-state index contributed by atoms with van der Waals surface area (Å²) >= 11 is 0. The van der Waals surface area contributed by atoms with Gasteiger partial charge in [-0.25, -0.2) is 0 Å². The summed E-state index contributed by atoms with van der Waals surface area (Å²) in [7, 11) is 5.01. The summed E-state index contributed by atoms with van der Waals surface area (Å²) in [5.74, 6) is 1.58. The molecule has 126 valence electrons. The van der Waals surface area contributed by atoms with Gasteiger partial charge in [-0.1, -0.05) is 0 Å². The minimum absolute atomic E-state index is 0. The maximum absolute atomic E-state index is 11.8. The fourth-order valence-electron chi connectivity index (χ4n) is 1.60. The maximum Gasteiger partial charge on any atom is 0.236 e. The predicted octanol–water partition coefficient (Wildman–Crippen LogP) is 1.19. The van der Waals surface area contributed by atoms with Crippen molar-refractivity contribution in [1.82, 2.24) is 10.2 Å². The molecule has 0 unspecified atom stereocenters. The van der Waals surface area contributed by atoms with Crippen molar-refractivity contribution in [1.29, 1.82) is 0 Å². The molecule has 1 rings (SSSR count). The van der Waals surface area contributed by atoms with Crippen molar-refractivity contribution in [2.75, 3.05) is 54.1 Å². The van der Waals surface area contributed by atoms with E-state index in [1.165, 1.54) is 0 Å². The van der Waals surface area contributed by atoms with Gasteiger partial charge in [0.1, 0.15) is 18.1 Å². The van der Waals surface area contributed by atoms with Gasteiger partial charge < -0.3 is 24.4 Å². The maximum atomic E-state index is 11.8. The Morgan fingerprint density at radius 1 is 1.14 bits per heavy atom. The first-order chi connectivity index (χ1) is 10.2. The molecule has 0 aliphatic carbocycles. The average molecular weight is 333 g/mol. The lowest BCUT2D eigenvalue weighted by molar-refractivity contribution is -0.129. The van der Waals surface area contributed by atoms with Gasteiger partial charge in [-0.15, -0.1) is 12.4 Å². The number of amides is 1. The Labute approximate surface area is 138 Å². The first kappa shape index (κ1) is 20.5.